The van der Waals surface area contributed by atoms with Crippen molar-refractivity contribution in [3.63, 3.8) is 0 Å². The first kappa shape index (κ1) is 17.4. The lowest BCUT2D eigenvalue weighted by molar-refractivity contribution is -0.117. The second kappa shape index (κ2) is 7.61. The molecule has 1 unspecified atom stereocenters. The molecule has 4 nitrogen and oxygen atoms in total. The highest BCUT2D eigenvalue weighted by atomic mass is 19.3. The van der Waals surface area contributed by atoms with Crippen molar-refractivity contribution in [1.82, 2.24) is 4.90 Å². The largest absolute Gasteiger partial charge is 0.433 e. The van der Waals surface area contributed by atoms with Gasteiger partial charge in [-0.3, -0.25) is 9.69 Å². The van der Waals surface area contributed by atoms with Crippen LogP contribution in [0.15, 0.2) is 48.5 Å². The SMILES string of the molecule is CN(CC(=O)Nc1ccccc1OC(F)F)C1CCc2ccccc21. The number of likely N-dealkylation sites (N-methyl/N-ethyl adjacent to an activating group) is 1. The van der Waals surface area contributed by atoms with Crippen molar-refractivity contribution >= 4 is 11.6 Å². The number of carbonyl (C=O) groups is 1. The van der Waals surface area contributed by atoms with Crippen LogP contribution in [0.5, 0.6) is 5.75 Å². The third-order valence-corrected chi connectivity index (χ3v) is 4.40. The molecule has 2 aromatic carbocycles. The smallest absolute Gasteiger partial charge is 0.387 e. The summed E-state index contributed by atoms with van der Waals surface area (Å²) in [5, 5.41) is 2.66. The number of hydrogen-bond acceptors (Lipinski definition) is 3. The minimum Gasteiger partial charge on any atom is -0.433 e. The third kappa shape index (κ3) is 4.14. The highest BCUT2D eigenvalue weighted by molar-refractivity contribution is 5.93. The number of nitrogens with zero attached hydrogens (tertiary/aromatic N) is 1. The van der Waals surface area contributed by atoms with Gasteiger partial charge in [-0.15, -0.1) is 0 Å². The molecular weight excluding hydrogens is 326 g/mol. The summed E-state index contributed by atoms with van der Waals surface area (Å²) in [5.41, 5.74) is 2.81. The van der Waals surface area contributed by atoms with Gasteiger partial charge in [-0.25, -0.2) is 0 Å². The van der Waals surface area contributed by atoms with Gasteiger partial charge in [0.15, 0.2) is 0 Å². The molecule has 1 N–H and O–H groups in total. The number of nitrogens with one attached hydrogen (secondary N) is 1. The van der Waals surface area contributed by atoms with Crippen LogP contribution >= 0.6 is 0 Å². The molecule has 0 spiro atoms. The van der Waals surface area contributed by atoms with E-state index >= 15 is 0 Å². The first-order valence-electron chi connectivity index (χ1n) is 8.16. The Hall–Kier alpha value is -2.47. The maximum absolute atomic E-state index is 12.5. The quantitative estimate of drug-likeness (QED) is 0.864. The van der Waals surface area contributed by atoms with Crippen molar-refractivity contribution in [2.75, 3.05) is 18.9 Å². The zero-order valence-electron chi connectivity index (χ0n) is 13.9. The molecule has 2 aromatic rings. The molecule has 25 heavy (non-hydrogen) atoms. The standard InChI is InChI=1S/C19H20F2N2O2/c1-23(16-11-10-13-6-2-3-7-14(13)16)12-18(24)22-15-8-4-5-9-17(15)25-19(20)21/h2-9,16,19H,10-12H2,1H3,(H,22,24). The normalized spacial score (nSPS) is 16.1. The van der Waals surface area contributed by atoms with Crippen molar-refractivity contribution in [2.45, 2.75) is 25.5 Å². The molecular formula is C19H20F2N2O2. The Kier molecular flexibility index (Phi) is 5.28. The molecule has 1 amide bonds. The predicted octanol–water partition coefficient (Wildman–Crippen LogP) is 3.85. The molecule has 0 bridgehead atoms. The number of amides is 1. The summed E-state index contributed by atoms with van der Waals surface area (Å²) in [5.74, 6) is -0.308. The van der Waals surface area contributed by atoms with E-state index in [-0.39, 0.29) is 29.9 Å². The molecule has 0 radical (unpaired) electrons. The lowest BCUT2D eigenvalue weighted by Crippen LogP contribution is -2.32. The molecule has 0 aliphatic heterocycles. The first-order chi connectivity index (χ1) is 12.0. The number of rotatable bonds is 6. The Labute approximate surface area is 145 Å². The number of anilines is 1. The summed E-state index contributed by atoms with van der Waals surface area (Å²) < 4.78 is 29.3. The van der Waals surface area contributed by atoms with Gasteiger partial charge in [0.2, 0.25) is 5.91 Å². The average molecular weight is 346 g/mol. The van der Waals surface area contributed by atoms with Gasteiger partial charge in [0.25, 0.3) is 0 Å². The molecule has 3 rings (SSSR count). The number of aryl methyl sites for hydroxylation is 1. The van der Waals surface area contributed by atoms with Gasteiger partial charge in [0.1, 0.15) is 5.75 Å². The van der Waals surface area contributed by atoms with Gasteiger partial charge in [-0.05, 0) is 43.1 Å². The minimum atomic E-state index is -2.93. The van der Waals surface area contributed by atoms with Gasteiger partial charge in [0, 0.05) is 6.04 Å². The van der Waals surface area contributed by atoms with Crippen molar-refractivity contribution < 1.29 is 18.3 Å². The topological polar surface area (TPSA) is 41.6 Å². The Balaban J connectivity index is 1.64. The second-order valence-corrected chi connectivity index (χ2v) is 6.09. The summed E-state index contributed by atoms with van der Waals surface area (Å²) in [6.45, 7) is -2.77. The van der Waals surface area contributed by atoms with Crippen LogP contribution in [-0.4, -0.2) is 31.0 Å². The average Bonchev–Trinajstić information content (AvgIpc) is 3.00. The van der Waals surface area contributed by atoms with Crippen LogP contribution in [0, 0.1) is 0 Å². The second-order valence-electron chi connectivity index (χ2n) is 6.09. The van der Waals surface area contributed by atoms with Crippen molar-refractivity contribution in [2.24, 2.45) is 0 Å². The first-order valence-corrected chi connectivity index (χ1v) is 8.16. The molecule has 1 aliphatic carbocycles. The molecule has 1 aliphatic rings. The van der Waals surface area contributed by atoms with Gasteiger partial charge in [0.05, 0.1) is 12.2 Å². The number of para-hydroxylation sites is 2. The Morgan fingerprint density at radius 3 is 2.76 bits per heavy atom. The van der Waals surface area contributed by atoms with Crippen LogP contribution in [0.4, 0.5) is 14.5 Å². The van der Waals surface area contributed by atoms with Crippen LogP contribution < -0.4 is 10.1 Å². The fourth-order valence-electron chi connectivity index (χ4n) is 3.29. The molecule has 0 aromatic heterocycles. The number of fused-ring (bicyclic) bond motifs is 1. The Bertz CT molecular complexity index is 752. The van der Waals surface area contributed by atoms with E-state index < -0.39 is 6.61 Å². The van der Waals surface area contributed by atoms with E-state index in [1.807, 2.05) is 24.1 Å². The van der Waals surface area contributed by atoms with E-state index in [0.29, 0.717) is 0 Å². The fourth-order valence-corrected chi connectivity index (χ4v) is 3.29. The van der Waals surface area contributed by atoms with E-state index in [1.54, 1.807) is 18.2 Å². The molecule has 6 heteroatoms. The van der Waals surface area contributed by atoms with Crippen LogP contribution in [0.25, 0.3) is 0 Å². The molecule has 0 fully saturated rings. The number of carbonyl (C=O) groups excluding carboxylic acids is 1. The monoisotopic (exact) mass is 346 g/mol. The van der Waals surface area contributed by atoms with Crippen molar-refractivity contribution in [3.05, 3.63) is 59.7 Å². The minimum absolute atomic E-state index is 0.0419. The molecule has 1 atom stereocenters. The number of halogens is 2. The van der Waals surface area contributed by atoms with Gasteiger partial charge < -0.3 is 10.1 Å². The summed E-state index contributed by atoms with van der Waals surface area (Å²) in [6.07, 6.45) is 1.96. The highest BCUT2D eigenvalue weighted by Crippen LogP contribution is 2.34. The Morgan fingerprint density at radius 1 is 1.24 bits per heavy atom. The molecule has 0 saturated carbocycles. The number of alkyl halides is 2. The molecule has 0 saturated heterocycles. The van der Waals surface area contributed by atoms with E-state index in [1.165, 1.54) is 17.2 Å². The van der Waals surface area contributed by atoms with E-state index in [9.17, 15) is 13.6 Å². The predicted molar refractivity (Wildman–Crippen MR) is 91.8 cm³/mol. The fraction of sp³-hybridized carbons (Fsp3) is 0.316. The summed E-state index contributed by atoms with van der Waals surface area (Å²) in [4.78, 5) is 14.3. The van der Waals surface area contributed by atoms with Gasteiger partial charge >= 0.3 is 6.61 Å². The van der Waals surface area contributed by atoms with Crippen molar-refractivity contribution in [3.8, 4) is 5.75 Å². The maximum Gasteiger partial charge on any atom is 0.387 e. The molecule has 132 valence electrons. The maximum atomic E-state index is 12.5. The van der Waals surface area contributed by atoms with Crippen LogP contribution in [0.3, 0.4) is 0 Å². The van der Waals surface area contributed by atoms with Crippen LogP contribution in [0.1, 0.15) is 23.6 Å². The zero-order chi connectivity index (χ0) is 17.8. The third-order valence-electron chi connectivity index (χ3n) is 4.40. The zero-order valence-corrected chi connectivity index (χ0v) is 13.9. The summed E-state index contributed by atoms with van der Waals surface area (Å²) in [6, 6.07) is 14.6. The summed E-state index contributed by atoms with van der Waals surface area (Å²) >= 11 is 0. The Morgan fingerprint density at radius 2 is 1.96 bits per heavy atom. The lowest BCUT2D eigenvalue weighted by Gasteiger charge is -2.24. The summed E-state index contributed by atoms with van der Waals surface area (Å²) in [7, 11) is 1.90. The van der Waals surface area contributed by atoms with E-state index in [2.05, 4.69) is 22.2 Å². The lowest BCUT2D eigenvalue weighted by atomic mass is 10.1. The van der Waals surface area contributed by atoms with Crippen LogP contribution in [0.2, 0.25) is 0 Å². The van der Waals surface area contributed by atoms with E-state index in [0.717, 1.165) is 12.8 Å². The van der Waals surface area contributed by atoms with Gasteiger partial charge in [-0.2, -0.15) is 8.78 Å². The molecule has 0 heterocycles. The van der Waals surface area contributed by atoms with E-state index in [4.69, 9.17) is 0 Å². The number of ether oxygens (including phenoxy) is 1. The van der Waals surface area contributed by atoms with Crippen LogP contribution in [-0.2, 0) is 11.2 Å². The van der Waals surface area contributed by atoms with Gasteiger partial charge in [-0.1, -0.05) is 36.4 Å². The number of hydrogen-bond donors (Lipinski definition) is 1. The number of benzene rings is 2. The highest BCUT2D eigenvalue weighted by Gasteiger charge is 2.26. The van der Waals surface area contributed by atoms with Crippen molar-refractivity contribution in [1.29, 1.82) is 0 Å².